The van der Waals surface area contributed by atoms with Gasteiger partial charge in [-0.05, 0) is 104 Å². The number of phenols is 2. The molecule has 15 nitrogen and oxygen atoms in total. The van der Waals surface area contributed by atoms with Gasteiger partial charge in [0.1, 0.15) is 71.1 Å². The predicted molar refractivity (Wildman–Crippen MR) is 273 cm³/mol. The van der Waals surface area contributed by atoms with Gasteiger partial charge >= 0.3 is 26.8 Å². The number of aliphatic hydroxyl groups is 1. The number of hydrogen-bond acceptors (Lipinski definition) is 15. The molecule has 0 bridgehead atoms. The van der Waals surface area contributed by atoms with Gasteiger partial charge < -0.3 is 63.0 Å². The molecule has 0 aliphatic carbocycles. The SMILES string of the molecule is C.CCN([B]C=O)c1cc(O)c2c(c1)/C=C/C[C@@H]1OC(C)(C)O[C@@H]1[C@H](C)/C(F)=C\[C@@H](C)[C@H](C)OC2=O.CCN([B]C=O)c1cc(O)c2c(c1)/C=C/C[C@@H]1OC(C)(C)O[C@@H]1[C@H](O)/C(F)=C\[C@@H](C)[C@H](C)OC2=O.[2H][2H]. The predicted octanol–water partition coefficient (Wildman–Crippen LogP) is 8.88. The number of nitrogens with zero attached hydrogens (tertiary/aromatic N) is 2. The molecule has 10 atom stereocenters. The Bertz CT molecular complexity index is 2190. The van der Waals surface area contributed by atoms with Crippen LogP contribution in [-0.4, -0.2) is 122 Å². The van der Waals surface area contributed by atoms with Crippen LogP contribution in [0.25, 0.3) is 12.2 Å². The van der Waals surface area contributed by atoms with E-state index in [0.717, 1.165) is 0 Å². The van der Waals surface area contributed by atoms with E-state index in [0.29, 0.717) is 54.4 Å². The third kappa shape index (κ3) is 14.4. The maximum absolute atomic E-state index is 15.2. The highest BCUT2D eigenvalue weighted by atomic mass is 19.1. The normalized spacial score (nSPS) is 30.8. The fourth-order valence-electron chi connectivity index (χ4n) is 8.65. The molecule has 2 aromatic rings. The lowest BCUT2D eigenvalue weighted by molar-refractivity contribution is -0.153. The van der Waals surface area contributed by atoms with Gasteiger partial charge in [0, 0.05) is 57.3 Å². The third-order valence-electron chi connectivity index (χ3n) is 12.7. The molecule has 4 aliphatic rings. The van der Waals surface area contributed by atoms with Crippen LogP contribution in [0.4, 0.5) is 20.2 Å². The molecule has 2 saturated heterocycles. The molecule has 2 fully saturated rings. The number of carbonyl (C=O) groups is 4. The van der Waals surface area contributed by atoms with Crippen molar-refractivity contribution in [3.8, 4) is 11.5 Å². The smallest absolute Gasteiger partial charge is 0.342 e. The monoisotopic (exact) mass is 995 g/mol. The Morgan fingerprint density at radius 2 is 1.08 bits per heavy atom. The highest BCUT2D eigenvalue weighted by Crippen LogP contribution is 2.40. The molecule has 3 N–H and O–H groups in total. The summed E-state index contributed by atoms with van der Waals surface area (Å²) in [4.78, 5) is 51.5. The number of hydrogen-bond donors (Lipinski definition) is 3. The molecule has 0 aromatic heterocycles. The molecule has 0 saturated carbocycles. The van der Waals surface area contributed by atoms with E-state index in [2.05, 4.69) is 0 Å². The van der Waals surface area contributed by atoms with Gasteiger partial charge in [0.15, 0.2) is 11.6 Å². The second-order valence-electron chi connectivity index (χ2n) is 18.8. The Morgan fingerprint density at radius 3 is 1.49 bits per heavy atom. The lowest BCUT2D eigenvalue weighted by Gasteiger charge is -2.25. The van der Waals surface area contributed by atoms with Crippen LogP contribution in [0, 0.1) is 17.8 Å². The van der Waals surface area contributed by atoms with E-state index in [1.54, 1.807) is 102 Å². The van der Waals surface area contributed by atoms with Crippen LogP contribution in [0.2, 0.25) is 0 Å². The van der Waals surface area contributed by atoms with E-state index in [4.69, 9.17) is 31.4 Å². The lowest BCUT2D eigenvalue weighted by atomic mass is 9.91. The fourth-order valence-corrected chi connectivity index (χ4v) is 8.65. The van der Waals surface area contributed by atoms with Gasteiger partial charge in [-0.3, -0.25) is 0 Å². The standard InChI is InChI=1S/C26H34BFNO6.C25H32BFNO7.CH4.H2/c1-7-29(27-14-30)19-12-18-9-8-10-22-24(35-26(5,6)34-22)16(3)20(28)11-15(2)17(4)33-25(32)23(18)21(31)13-19;1-6-28(26-13-29)17-11-16-8-7-9-20-23(35-25(4,5)34-20)22(31)18(27)10-14(2)15(3)33-24(32)21(16)19(30)12-17;;/h8-9,11-17,22,24,31H,7,10H2,1-6H3;7-8,10-15,20,22-23,30-31H,6,9H2,1-5H3;1H4;1H/b9-8+,20-11+;8-7+,18-10+;;/t15-,16-,17+,22+,24-;14-,15+,20+,22-,23+;;/m11../s1/i;;;1+1D. The van der Waals surface area contributed by atoms with E-state index in [-0.39, 0.29) is 42.3 Å². The molecule has 0 spiro atoms. The van der Waals surface area contributed by atoms with Crippen molar-refractivity contribution in [1.29, 1.82) is 0 Å². The zero-order chi connectivity index (χ0) is 53.8. The van der Waals surface area contributed by atoms with Crippen LogP contribution in [0.3, 0.4) is 0 Å². The van der Waals surface area contributed by atoms with Gasteiger partial charge in [0.25, 0.3) is 0 Å². The lowest BCUT2D eigenvalue weighted by Crippen LogP contribution is -2.36. The van der Waals surface area contributed by atoms with Gasteiger partial charge in [0.2, 0.25) is 0 Å². The molecule has 388 valence electrons. The fraction of sp³-hybridized carbons (Fsp3) is 0.538. The van der Waals surface area contributed by atoms with Crippen LogP contribution in [-0.2, 0) is 38.0 Å². The van der Waals surface area contributed by atoms with Crippen LogP contribution < -0.4 is 9.62 Å². The van der Waals surface area contributed by atoms with Crippen molar-refractivity contribution in [3.63, 3.8) is 0 Å². The summed E-state index contributed by atoms with van der Waals surface area (Å²) in [7, 11) is 2.68. The summed E-state index contributed by atoms with van der Waals surface area (Å²) >= 11 is 0. The maximum Gasteiger partial charge on any atom is 0.342 e. The number of fused-ring (bicyclic) bond motifs is 4. The Balaban J connectivity index is 0.000000368. The second kappa shape index (κ2) is 24.9. The minimum absolute atomic E-state index is 0. The highest BCUT2D eigenvalue weighted by Gasteiger charge is 2.46. The number of anilines is 2. The minimum Gasteiger partial charge on any atom is -0.507 e. The van der Waals surface area contributed by atoms with Gasteiger partial charge in [-0.25, -0.2) is 18.4 Å². The molecule has 71 heavy (non-hydrogen) atoms. The number of phenolic OH excluding ortho intramolecular Hbond substituents is 2. The van der Waals surface area contributed by atoms with Gasteiger partial charge in [0.05, 0.1) is 18.3 Å². The van der Waals surface area contributed by atoms with E-state index in [9.17, 15) is 38.9 Å². The number of ether oxygens (including phenoxy) is 6. The summed E-state index contributed by atoms with van der Waals surface area (Å²) in [5.74, 6) is -6.66. The molecular weight excluding hydrogens is 920 g/mol. The van der Waals surface area contributed by atoms with Crippen molar-refractivity contribution >= 4 is 62.7 Å². The van der Waals surface area contributed by atoms with Crippen LogP contribution in [0.1, 0.15) is 131 Å². The Kier molecular flexibility index (Phi) is 19.8. The summed E-state index contributed by atoms with van der Waals surface area (Å²) in [6.07, 6.45) is 5.94. The molecular formula is C52H72B2F2N2O13. The molecule has 4 aliphatic heterocycles. The summed E-state index contributed by atoms with van der Waals surface area (Å²) in [6.45, 7) is 20.1. The number of halogens is 2. The number of benzene rings is 2. The van der Waals surface area contributed by atoms with Gasteiger partial charge in [-0.15, -0.1) is 0 Å². The van der Waals surface area contributed by atoms with Crippen molar-refractivity contribution in [2.45, 2.75) is 151 Å². The van der Waals surface area contributed by atoms with Crippen molar-refractivity contribution in [2.24, 2.45) is 17.8 Å². The zero-order valence-corrected chi connectivity index (χ0v) is 41.8. The second-order valence-corrected chi connectivity index (χ2v) is 18.8. The molecule has 2 radical (unpaired) electrons. The summed E-state index contributed by atoms with van der Waals surface area (Å²) in [5.41, 5.74) is 1.82. The van der Waals surface area contributed by atoms with Gasteiger partial charge in [-0.2, -0.15) is 0 Å². The Hall–Kier alpha value is -5.33. The quantitative estimate of drug-likeness (QED) is 0.129. The van der Waals surface area contributed by atoms with E-state index >= 15 is 4.39 Å². The Labute approximate surface area is 421 Å². The molecule has 6 rings (SSSR count). The first kappa shape index (κ1) is 56.6. The number of aromatic hydroxyl groups is 2. The molecule has 4 heterocycles. The van der Waals surface area contributed by atoms with Crippen molar-refractivity contribution in [1.82, 2.24) is 0 Å². The molecule has 0 unspecified atom stereocenters. The van der Waals surface area contributed by atoms with E-state index in [1.807, 2.05) is 19.9 Å². The number of esters is 2. The van der Waals surface area contributed by atoms with Crippen LogP contribution in [0.5, 0.6) is 11.5 Å². The van der Waals surface area contributed by atoms with Crippen molar-refractivity contribution in [3.05, 3.63) is 82.5 Å². The topological polar surface area (TPSA) is 191 Å². The number of aliphatic hydroxyl groups excluding tert-OH is 1. The first-order valence-electron chi connectivity index (χ1n) is 24.7. The van der Waals surface area contributed by atoms with Crippen molar-refractivity contribution < 1.29 is 74.7 Å². The van der Waals surface area contributed by atoms with Crippen molar-refractivity contribution in [2.75, 3.05) is 22.7 Å². The minimum atomic E-state index is -1.55. The van der Waals surface area contributed by atoms with E-state index < -0.39 is 89.8 Å². The summed E-state index contributed by atoms with van der Waals surface area (Å²) < 4.78 is 75.1. The van der Waals surface area contributed by atoms with Crippen LogP contribution >= 0.6 is 0 Å². The van der Waals surface area contributed by atoms with E-state index in [1.165, 1.54) is 39.1 Å². The zero-order valence-electron chi connectivity index (χ0n) is 43.8. The number of carbonyl (C=O) groups excluding carboxylic acids is 4. The number of cyclic esters (lactones) is 2. The average molecular weight is 995 g/mol. The Morgan fingerprint density at radius 1 is 0.690 bits per heavy atom. The average Bonchev–Trinajstić information content (AvgIpc) is 3.81. The van der Waals surface area contributed by atoms with Gasteiger partial charge in [-0.1, -0.05) is 52.5 Å². The number of rotatable bonds is 8. The first-order chi connectivity index (χ1) is 33.9. The molecule has 19 heteroatoms. The molecule has 2 aromatic carbocycles. The summed E-state index contributed by atoms with van der Waals surface area (Å²) in [5, 5.41) is 32.2. The van der Waals surface area contributed by atoms with Crippen LogP contribution in [0.15, 0.2) is 60.2 Å². The highest BCUT2D eigenvalue weighted by molar-refractivity contribution is 6.70. The maximum atomic E-state index is 15.2. The molecule has 0 amide bonds. The first-order valence-corrected chi connectivity index (χ1v) is 23.7. The third-order valence-corrected chi connectivity index (χ3v) is 12.7. The largest absolute Gasteiger partial charge is 0.507 e. The summed E-state index contributed by atoms with van der Waals surface area (Å²) in [6, 6.07) is 6.18.